The van der Waals surface area contributed by atoms with E-state index in [1.54, 1.807) is 25.1 Å². The molecule has 1 aromatic heterocycles. The van der Waals surface area contributed by atoms with E-state index >= 15 is 0 Å². The van der Waals surface area contributed by atoms with Crippen molar-refractivity contribution in [1.29, 1.82) is 0 Å². The minimum Gasteiger partial charge on any atom is -0.347 e. The van der Waals surface area contributed by atoms with E-state index in [-0.39, 0.29) is 17.7 Å². The predicted octanol–water partition coefficient (Wildman–Crippen LogP) is 1.87. The van der Waals surface area contributed by atoms with E-state index in [0.717, 1.165) is 0 Å². The number of nitrogens with zero attached hydrogens (tertiary/aromatic N) is 4. The van der Waals surface area contributed by atoms with Gasteiger partial charge in [0.25, 0.3) is 0 Å². The Bertz CT molecular complexity index is 620. The van der Waals surface area contributed by atoms with Crippen LogP contribution in [0.5, 0.6) is 0 Å². The van der Waals surface area contributed by atoms with E-state index in [9.17, 15) is 4.39 Å². The lowest BCUT2D eigenvalue weighted by molar-refractivity contribution is 0.628. The number of nitrogen functional groups attached to an aromatic ring is 1. The Morgan fingerprint density at radius 1 is 1.20 bits per heavy atom. The Morgan fingerprint density at radius 3 is 2.55 bits per heavy atom. The van der Waals surface area contributed by atoms with Crippen molar-refractivity contribution in [1.82, 2.24) is 15.0 Å². The quantitative estimate of drug-likeness (QED) is 0.577. The van der Waals surface area contributed by atoms with Gasteiger partial charge in [-0.1, -0.05) is 0 Å². The number of benzene rings is 1. The van der Waals surface area contributed by atoms with Crippen LogP contribution in [0.3, 0.4) is 0 Å². The van der Waals surface area contributed by atoms with Crippen molar-refractivity contribution < 1.29 is 4.39 Å². The number of rotatable bonds is 4. The van der Waals surface area contributed by atoms with Crippen LogP contribution in [-0.4, -0.2) is 29.0 Å². The highest BCUT2D eigenvalue weighted by Crippen LogP contribution is 2.26. The van der Waals surface area contributed by atoms with E-state index in [0.29, 0.717) is 16.1 Å². The van der Waals surface area contributed by atoms with Gasteiger partial charge in [-0.3, -0.25) is 5.43 Å². The number of hydrogen-bond donors (Lipinski definition) is 3. The molecule has 106 valence electrons. The molecule has 0 aliphatic heterocycles. The third-order valence-electron chi connectivity index (χ3n) is 2.33. The minimum atomic E-state index is -0.366. The molecule has 0 atom stereocenters. The zero-order chi connectivity index (χ0) is 14.7. The van der Waals surface area contributed by atoms with E-state index in [1.807, 2.05) is 0 Å². The van der Waals surface area contributed by atoms with Gasteiger partial charge in [-0.05, 0) is 34.1 Å². The molecule has 0 saturated carbocycles. The first-order valence-corrected chi connectivity index (χ1v) is 6.41. The highest BCUT2D eigenvalue weighted by atomic mass is 79.9. The Balaban J connectivity index is 2.37. The molecule has 0 fully saturated rings. The van der Waals surface area contributed by atoms with Crippen molar-refractivity contribution >= 4 is 39.5 Å². The fraction of sp³-hybridized carbons (Fsp3) is 0.182. The molecule has 0 unspecified atom stereocenters. The maximum absolute atomic E-state index is 13.2. The van der Waals surface area contributed by atoms with Gasteiger partial charge in [-0.15, -0.1) is 0 Å². The average molecular weight is 342 g/mol. The van der Waals surface area contributed by atoms with Gasteiger partial charge in [0.05, 0.1) is 5.69 Å². The van der Waals surface area contributed by atoms with E-state index in [4.69, 9.17) is 5.84 Å². The van der Waals surface area contributed by atoms with Crippen molar-refractivity contribution in [3.05, 3.63) is 28.5 Å². The SMILES string of the molecule is CN(C)c1nc(NN)nc(Nc2cc(F)ccc2Br)n1. The number of hydrazine groups is 1. The van der Waals surface area contributed by atoms with Crippen molar-refractivity contribution in [2.75, 3.05) is 29.7 Å². The molecule has 0 aliphatic rings. The third kappa shape index (κ3) is 3.31. The van der Waals surface area contributed by atoms with Crippen LogP contribution in [0.25, 0.3) is 0 Å². The molecule has 1 heterocycles. The minimum absolute atomic E-state index is 0.207. The highest BCUT2D eigenvalue weighted by Gasteiger charge is 2.09. The van der Waals surface area contributed by atoms with Crippen LogP contribution in [0.15, 0.2) is 22.7 Å². The number of nitrogens with two attached hydrogens (primary N) is 1. The summed E-state index contributed by atoms with van der Waals surface area (Å²) < 4.78 is 13.9. The van der Waals surface area contributed by atoms with Crippen molar-refractivity contribution in [3.8, 4) is 0 Å². The molecule has 0 spiro atoms. The second-order valence-electron chi connectivity index (χ2n) is 4.07. The second-order valence-corrected chi connectivity index (χ2v) is 4.92. The summed E-state index contributed by atoms with van der Waals surface area (Å²) in [5.74, 6) is 5.83. The summed E-state index contributed by atoms with van der Waals surface area (Å²) in [6.45, 7) is 0. The number of halogens is 2. The van der Waals surface area contributed by atoms with Crippen LogP contribution in [0, 0.1) is 5.82 Å². The van der Waals surface area contributed by atoms with Gasteiger partial charge in [0.2, 0.25) is 17.8 Å². The average Bonchev–Trinajstić information content (AvgIpc) is 2.42. The van der Waals surface area contributed by atoms with Crippen LogP contribution in [0.4, 0.5) is 27.9 Å². The van der Waals surface area contributed by atoms with Crippen LogP contribution in [0.2, 0.25) is 0 Å². The fourth-order valence-electron chi connectivity index (χ4n) is 1.40. The molecule has 4 N–H and O–H groups in total. The molecule has 2 aromatic rings. The maximum Gasteiger partial charge on any atom is 0.243 e. The first kappa shape index (κ1) is 14.4. The summed E-state index contributed by atoms with van der Waals surface area (Å²) in [6, 6.07) is 4.27. The molecule has 7 nitrogen and oxygen atoms in total. The third-order valence-corrected chi connectivity index (χ3v) is 3.02. The zero-order valence-corrected chi connectivity index (χ0v) is 12.4. The van der Waals surface area contributed by atoms with E-state index in [2.05, 4.69) is 41.6 Å². The highest BCUT2D eigenvalue weighted by molar-refractivity contribution is 9.10. The molecule has 0 radical (unpaired) electrons. The Morgan fingerprint density at radius 2 is 1.90 bits per heavy atom. The number of nitrogens with one attached hydrogen (secondary N) is 2. The lowest BCUT2D eigenvalue weighted by Gasteiger charge is -2.13. The van der Waals surface area contributed by atoms with Crippen molar-refractivity contribution in [2.24, 2.45) is 5.84 Å². The van der Waals surface area contributed by atoms with Gasteiger partial charge in [0, 0.05) is 18.6 Å². The summed E-state index contributed by atoms with van der Waals surface area (Å²) in [5, 5.41) is 2.91. The van der Waals surface area contributed by atoms with Gasteiger partial charge in [-0.25, -0.2) is 10.2 Å². The van der Waals surface area contributed by atoms with Gasteiger partial charge < -0.3 is 10.2 Å². The monoisotopic (exact) mass is 341 g/mol. The van der Waals surface area contributed by atoms with Gasteiger partial charge in [0.15, 0.2) is 0 Å². The molecule has 20 heavy (non-hydrogen) atoms. The fourth-order valence-corrected chi connectivity index (χ4v) is 1.74. The number of hydrogen-bond acceptors (Lipinski definition) is 7. The smallest absolute Gasteiger partial charge is 0.243 e. The molecule has 0 amide bonds. The topological polar surface area (TPSA) is 92.0 Å². The zero-order valence-electron chi connectivity index (χ0n) is 10.9. The normalized spacial score (nSPS) is 10.2. The van der Waals surface area contributed by atoms with Gasteiger partial charge in [-0.2, -0.15) is 15.0 Å². The van der Waals surface area contributed by atoms with Crippen molar-refractivity contribution in [2.45, 2.75) is 0 Å². The molecule has 0 aliphatic carbocycles. The summed E-state index contributed by atoms with van der Waals surface area (Å²) in [5.41, 5.74) is 2.86. The molecular weight excluding hydrogens is 329 g/mol. The van der Waals surface area contributed by atoms with Crippen LogP contribution in [0.1, 0.15) is 0 Å². The van der Waals surface area contributed by atoms with E-state index in [1.165, 1.54) is 12.1 Å². The van der Waals surface area contributed by atoms with Crippen molar-refractivity contribution in [3.63, 3.8) is 0 Å². The lowest BCUT2D eigenvalue weighted by atomic mass is 10.3. The molecule has 9 heteroatoms. The molecule has 1 aromatic carbocycles. The summed E-state index contributed by atoms with van der Waals surface area (Å²) in [6.07, 6.45) is 0. The standard InChI is InChI=1S/C11H13BrFN7/c1-20(2)11-17-9(16-10(18-11)19-14)15-8-5-6(13)3-4-7(8)12/h3-5H,14H2,1-2H3,(H2,15,16,17,18,19). The van der Waals surface area contributed by atoms with Crippen LogP contribution in [-0.2, 0) is 0 Å². The lowest BCUT2D eigenvalue weighted by Crippen LogP contribution is -2.18. The van der Waals surface area contributed by atoms with Gasteiger partial charge >= 0.3 is 0 Å². The second kappa shape index (κ2) is 5.97. The number of aromatic nitrogens is 3. The maximum atomic E-state index is 13.2. The summed E-state index contributed by atoms with van der Waals surface area (Å²) >= 11 is 3.32. The largest absolute Gasteiger partial charge is 0.347 e. The van der Waals surface area contributed by atoms with E-state index < -0.39 is 0 Å². The molecule has 0 saturated heterocycles. The first-order valence-electron chi connectivity index (χ1n) is 5.61. The molecule has 2 rings (SSSR count). The van der Waals surface area contributed by atoms with Crippen LogP contribution < -0.4 is 21.5 Å². The van der Waals surface area contributed by atoms with Crippen LogP contribution >= 0.6 is 15.9 Å². The molecule has 0 bridgehead atoms. The molecular formula is C11H13BrFN7. The first-order chi connectivity index (χ1) is 9.49. The number of anilines is 4. The summed E-state index contributed by atoms with van der Waals surface area (Å²) in [7, 11) is 3.58. The Labute approximate surface area is 123 Å². The Hall–Kier alpha value is -2.00. The van der Waals surface area contributed by atoms with Gasteiger partial charge in [0.1, 0.15) is 5.82 Å². The Kier molecular flexibility index (Phi) is 4.30. The predicted molar refractivity (Wildman–Crippen MR) is 79.3 cm³/mol. The summed E-state index contributed by atoms with van der Waals surface area (Å²) in [4.78, 5) is 14.0.